The molecule has 2 aromatic rings. The molecule has 0 atom stereocenters. The zero-order valence-electron chi connectivity index (χ0n) is 12.2. The maximum Gasteiger partial charge on any atom is 0.246 e. The van der Waals surface area contributed by atoms with Crippen molar-refractivity contribution in [2.45, 2.75) is 11.8 Å². The van der Waals surface area contributed by atoms with E-state index in [1.807, 2.05) is 6.92 Å². The van der Waals surface area contributed by atoms with E-state index in [-0.39, 0.29) is 4.90 Å². The average molecular weight is 306 g/mol. The maximum atomic E-state index is 12.3. The van der Waals surface area contributed by atoms with Gasteiger partial charge in [-0.1, -0.05) is 12.1 Å². The quantitative estimate of drug-likeness (QED) is 0.881. The molecule has 21 heavy (non-hydrogen) atoms. The number of hydrogen-bond donors (Lipinski definition) is 1. The van der Waals surface area contributed by atoms with E-state index in [9.17, 15) is 8.42 Å². The Labute approximate surface area is 125 Å². The van der Waals surface area contributed by atoms with Crippen LogP contribution in [0.2, 0.25) is 0 Å². The van der Waals surface area contributed by atoms with E-state index in [2.05, 4.69) is 0 Å². The molecule has 2 N–H and O–H groups in total. The predicted molar refractivity (Wildman–Crippen MR) is 83.0 cm³/mol. The third-order valence-electron chi connectivity index (χ3n) is 3.03. The van der Waals surface area contributed by atoms with Gasteiger partial charge in [-0.3, -0.25) is 0 Å². The number of hydrogen-bond acceptors (Lipinski definition) is 4. The molecule has 0 saturated carbocycles. The van der Waals surface area contributed by atoms with Crippen LogP contribution in [-0.2, 0) is 10.0 Å². The van der Waals surface area contributed by atoms with Crippen molar-refractivity contribution >= 4 is 15.7 Å². The molecule has 2 rings (SSSR count). The van der Waals surface area contributed by atoms with Crippen molar-refractivity contribution in [2.75, 3.05) is 19.8 Å². The van der Waals surface area contributed by atoms with Gasteiger partial charge in [-0.15, -0.1) is 0 Å². The summed E-state index contributed by atoms with van der Waals surface area (Å²) in [5.74, 6) is 0.865. The number of aryl methyl sites for hydroxylation is 1. The first kappa shape index (κ1) is 15.3. The van der Waals surface area contributed by atoms with Crippen LogP contribution in [0.15, 0.2) is 47.4 Å². The summed E-state index contributed by atoms with van der Waals surface area (Å²) < 4.78 is 31.5. The third-order valence-corrected chi connectivity index (χ3v) is 4.88. The van der Waals surface area contributed by atoms with Crippen LogP contribution in [0.1, 0.15) is 5.56 Å². The topological polar surface area (TPSA) is 72.6 Å². The molecule has 0 heterocycles. The number of nitrogens with zero attached hydrogens (tertiary/aromatic N) is 1. The summed E-state index contributed by atoms with van der Waals surface area (Å²) in [6.45, 7) is 1.86. The summed E-state index contributed by atoms with van der Waals surface area (Å²) in [7, 11) is -0.592. The number of anilines is 1. The molecule has 0 aliphatic heterocycles. The first-order valence-corrected chi connectivity index (χ1v) is 7.82. The van der Waals surface area contributed by atoms with E-state index in [1.165, 1.54) is 20.2 Å². The van der Waals surface area contributed by atoms with Crippen LogP contribution in [-0.4, -0.2) is 26.8 Å². The van der Waals surface area contributed by atoms with E-state index in [0.29, 0.717) is 17.2 Å². The number of nitrogens with two attached hydrogens (primary N) is 1. The molecule has 0 saturated heterocycles. The second-order valence-electron chi connectivity index (χ2n) is 4.86. The van der Waals surface area contributed by atoms with Crippen molar-refractivity contribution in [2.24, 2.45) is 0 Å². The van der Waals surface area contributed by atoms with Crippen molar-refractivity contribution in [3.05, 3.63) is 48.0 Å². The molecule has 0 aliphatic carbocycles. The minimum absolute atomic E-state index is 0.131. The maximum absolute atomic E-state index is 12.3. The van der Waals surface area contributed by atoms with Gasteiger partial charge in [-0.25, -0.2) is 12.7 Å². The molecule has 0 aromatic heterocycles. The van der Waals surface area contributed by atoms with E-state index < -0.39 is 10.0 Å². The SMILES string of the molecule is Cc1cc(N)ccc1Oc1ccccc1S(=O)(=O)N(C)C. The van der Waals surface area contributed by atoms with Gasteiger partial charge in [0, 0.05) is 19.8 Å². The molecule has 0 aliphatic rings. The molecule has 0 unspecified atom stereocenters. The number of nitrogen functional groups attached to an aromatic ring is 1. The van der Waals surface area contributed by atoms with E-state index >= 15 is 0 Å². The van der Waals surface area contributed by atoms with Gasteiger partial charge in [0.15, 0.2) is 0 Å². The van der Waals surface area contributed by atoms with Crippen LogP contribution in [0.4, 0.5) is 5.69 Å². The highest BCUT2D eigenvalue weighted by atomic mass is 32.2. The summed E-state index contributed by atoms with van der Waals surface area (Å²) >= 11 is 0. The lowest BCUT2D eigenvalue weighted by Gasteiger charge is -2.16. The van der Waals surface area contributed by atoms with Crippen LogP contribution in [0, 0.1) is 6.92 Å². The fourth-order valence-electron chi connectivity index (χ4n) is 1.85. The van der Waals surface area contributed by atoms with Gasteiger partial charge < -0.3 is 10.5 Å². The van der Waals surface area contributed by atoms with E-state index in [0.717, 1.165) is 9.87 Å². The monoisotopic (exact) mass is 306 g/mol. The van der Waals surface area contributed by atoms with Gasteiger partial charge in [0.05, 0.1) is 0 Å². The summed E-state index contributed by atoms with van der Waals surface area (Å²) in [6, 6.07) is 11.8. The highest BCUT2D eigenvalue weighted by Crippen LogP contribution is 2.32. The Hall–Kier alpha value is -2.05. The summed E-state index contributed by atoms with van der Waals surface area (Å²) in [5.41, 5.74) is 7.17. The van der Waals surface area contributed by atoms with Crippen LogP contribution in [0.25, 0.3) is 0 Å². The van der Waals surface area contributed by atoms with Gasteiger partial charge in [0.1, 0.15) is 16.4 Å². The number of ether oxygens (including phenoxy) is 1. The Morgan fingerprint density at radius 1 is 1.05 bits per heavy atom. The van der Waals surface area contributed by atoms with Crippen molar-refractivity contribution < 1.29 is 13.2 Å². The van der Waals surface area contributed by atoms with E-state index in [4.69, 9.17) is 10.5 Å². The van der Waals surface area contributed by atoms with Gasteiger partial charge >= 0.3 is 0 Å². The molecule has 0 spiro atoms. The van der Waals surface area contributed by atoms with Crippen molar-refractivity contribution in [3.63, 3.8) is 0 Å². The molecule has 0 bridgehead atoms. The fraction of sp³-hybridized carbons (Fsp3) is 0.200. The lowest BCUT2D eigenvalue weighted by Crippen LogP contribution is -2.22. The first-order valence-electron chi connectivity index (χ1n) is 6.38. The van der Waals surface area contributed by atoms with Gasteiger partial charge in [0.2, 0.25) is 10.0 Å². The smallest absolute Gasteiger partial charge is 0.246 e. The molecule has 0 radical (unpaired) electrons. The lowest BCUT2D eigenvalue weighted by molar-refractivity contribution is 0.457. The number of rotatable bonds is 4. The first-order chi connectivity index (χ1) is 9.82. The highest BCUT2D eigenvalue weighted by molar-refractivity contribution is 7.89. The molecular formula is C15H18N2O3S. The van der Waals surface area contributed by atoms with Gasteiger partial charge in [-0.05, 0) is 42.8 Å². The molecule has 6 heteroatoms. The van der Waals surface area contributed by atoms with Crippen LogP contribution in [0.5, 0.6) is 11.5 Å². The summed E-state index contributed by atoms with van der Waals surface area (Å²) in [4.78, 5) is 0.131. The molecule has 112 valence electrons. The second-order valence-corrected chi connectivity index (χ2v) is 6.98. The number of benzene rings is 2. The Morgan fingerprint density at radius 3 is 2.33 bits per heavy atom. The molecule has 0 amide bonds. The normalized spacial score (nSPS) is 11.6. The minimum atomic E-state index is -3.57. The summed E-state index contributed by atoms with van der Waals surface area (Å²) in [5, 5.41) is 0. The molecule has 0 fully saturated rings. The van der Waals surface area contributed by atoms with E-state index in [1.54, 1.807) is 36.4 Å². The minimum Gasteiger partial charge on any atom is -0.456 e. The summed E-state index contributed by atoms with van der Waals surface area (Å²) in [6.07, 6.45) is 0. The number of para-hydroxylation sites is 1. The standard InChI is InChI=1S/C15H18N2O3S/c1-11-10-12(16)8-9-13(11)20-14-6-4-5-7-15(14)21(18,19)17(2)3/h4-10H,16H2,1-3H3. The van der Waals surface area contributed by atoms with Gasteiger partial charge in [-0.2, -0.15) is 0 Å². The van der Waals surface area contributed by atoms with Crippen LogP contribution < -0.4 is 10.5 Å². The Morgan fingerprint density at radius 2 is 1.71 bits per heavy atom. The molecule has 5 nitrogen and oxygen atoms in total. The Balaban J connectivity index is 2.47. The third kappa shape index (κ3) is 3.17. The highest BCUT2D eigenvalue weighted by Gasteiger charge is 2.22. The van der Waals surface area contributed by atoms with Crippen molar-refractivity contribution in [3.8, 4) is 11.5 Å². The van der Waals surface area contributed by atoms with Crippen LogP contribution >= 0.6 is 0 Å². The average Bonchev–Trinajstić information content (AvgIpc) is 2.42. The van der Waals surface area contributed by atoms with Gasteiger partial charge in [0.25, 0.3) is 0 Å². The fourth-order valence-corrected chi connectivity index (χ4v) is 2.86. The van der Waals surface area contributed by atoms with Crippen molar-refractivity contribution in [1.82, 2.24) is 4.31 Å². The number of sulfonamides is 1. The zero-order chi connectivity index (χ0) is 15.6. The van der Waals surface area contributed by atoms with Crippen molar-refractivity contribution in [1.29, 1.82) is 0 Å². The Kier molecular flexibility index (Phi) is 4.20. The second kappa shape index (κ2) is 5.75. The predicted octanol–water partition coefficient (Wildman–Crippen LogP) is 2.62. The molecule has 2 aromatic carbocycles. The molecular weight excluding hydrogens is 288 g/mol. The largest absolute Gasteiger partial charge is 0.456 e. The zero-order valence-corrected chi connectivity index (χ0v) is 13.0. The Bertz CT molecular complexity index is 755. The van der Waals surface area contributed by atoms with Crippen LogP contribution in [0.3, 0.4) is 0 Å². The lowest BCUT2D eigenvalue weighted by atomic mass is 10.2.